The fourth-order valence-electron chi connectivity index (χ4n) is 2.21. The van der Waals surface area contributed by atoms with E-state index in [0.29, 0.717) is 0 Å². The lowest BCUT2D eigenvalue weighted by Crippen LogP contribution is -2.27. The van der Waals surface area contributed by atoms with E-state index < -0.39 is 0 Å². The zero-order chi connectivity index (χ0) is 13.8. The summed E-state index contributed by atoms with van der Waals surface area (Å²) in [5.74, 6) is 0. The molecule has 0 N–H and O–H groups in total. The van der Waals surface area contributed by atoms with Gasteiger partial charge >= 0.3 is 0 Å². The molecule has 0 fully saturated rings. The molecule has 0 spiro atoms. The van der Waals surface area contributed by atoms with Gasteiger partial charge in [-0.2, -0.15) is 0 Å². The number of aryl methyl sites for hydroxylation is 2. The van der Waals surface area contributed by atoms with E-state index in [-0.39, 0.29) is 0 Å². The lowest BCUT2D eigenvalue weighted by atomic mass is 10.2. The summed E-state index contributed by atoms with van der Waals surface area (Å²) in [6.07, 6.45) is 0. The van der Waals surface area contributed by atoms with Crippen molar-refractivity contribution >= 4 is 11.4 Å². The number of benzene rings is 2. The highest BCUT2D eigenvalue weighted by Gasteiger charge is 2.10. The van der Waals surface area contributed by atoms with Crippen LogP contribution in [-0.2, 0) is 0 Å². The predicted octanol–water partition coefficient (Wildman–Crippen LogP) is 3.87. The van der Waals surface area contributed by atoms with Gasteiger partial charge in [0, 0.05) is 25.5 Å². The van der Waals surface area contributed by atoms with Crippen LogP contribution >= 0.6 is 0 Å². The molecule has 2 aromatic rings. The molecule has 0 heterocycles. The second-order valence-electron chi connectivity index (χ2n) is 4.79. The van der Waals surface area contributed by atoms with Gasteiger partial charge in [-0.15, -0.1) is 0 Å². The van der Waals surface area contributed by atoms with Gasteiger partial charge in [0.05, 0.1) is 0 Å². The van der Waals surface area contributed by atoms with Crippen molar-refractivity contribution in [3.05, 3.63) is 66.3 Å². The molecule has 2 nitrogen and oxygen atoms in total. The van der Waals surface area contributed by atoms with Crippen LogP contribution in [-0.4, -0.2) is 14.1 Å². The lowest BCUT2D eigenvalue weighted by molar-refractivity contribution is 0.960. The van der Waals surface area contributed by atoms with Crippen LogP contribution in [0.1, 0.15) is 11.1 Å². The highest BCUT2D eigenvalue weighted by atomic mass is 15.3. The monoisotopic (exact) mass is 252 g/mol. The lowest BCUT2D eigenvalue weighted by Gasteiger charge is -2.27. The molecule has 2 radical (unpaired) electrons. The van der Waals surface area contributed by atoms with Crippen LogP contribution in [0.2, 0.25) is 0 Å². The smallest absolute Gasteiger partial charge is 0.208 e. The summed E-state index contributed by atoms with van der Waals surface area (Å²) < 4.78 is 0. The molecule has 98 valence electrons. The van der Waals surface area contributed by atoms with E-state index >= 15 is 0 Å². The standard InChI is InChI=1S/C17H20N2/c1-14-9-5-7-11-16(14)18(3)13-19(4)17-12-8-6-10-15(17)2/h5-12H,1-4H3. The van der Waals surface area contributed by atoms with Crippen molar-refractivity contribution < 1.29 is 0 Å². The summed E-state index contributed by atoms with van der Waals surface area (Å²) in [4.78, 5) is 4.06. The van der Waals surface area contributed by atoms with Gasteiger partial charge in [0.25, 0.3) is 0 Å². The first kappa shape index (κ1) is 13.5. The van der Waals surface area contributed by atoms with Crippen molar-refractivity contribution in [2.45, 2.75) is 13.8 Å². The average molecular weight is 252 g/mol. The number of rotatable bonds is 4. The molecular formula is C17H20N2. The molecule has 0 bridgehead atoms. The van der Waals surface area contributed by atoms with E-state index in [9.17, 15) is 0 Å². The normalized spacial score (nSPS) is 10.3. The molecule has 0 unspecified atom stereocenters. The topological polar surface area (TPSA) is 6.48 Å². The van der Waals surface area contributed by atoms with E-state index in [1.54, 1.807) is 0 Å². The minimum absolute atomic E-state index is 1.17. The third-order valence-corrected chi connectivity index (χ3v) is 3.25. The first-order valence-corrected chi connectivity index (χ1v) is 6.44. The summed E-state index contributed by atoms with van der Waals surface area (Å²) in [5.41, 5.74) is 4.83. The second-order valence-corrected chi connectivity index (χ2v) is 4.79. The molecule has 0 aliphatic rings. The van der Waals surface area contributed by atoms with Crippen LogP contribution in [0.4, 0.5) is 11.4 Å². The zero-order valence-electron chi connectivity index (χ0n) is 12.0. The van der Waals surface area contributed by atoms with Gasteiger partial charge in [-0.05, 0) is 37.1 Å². The quantitative estimate of drug-likeness (QED) is 0.762. The molecule has 2 rings (SSSR count). The van der Waals surface area contributed by atoms with Crippen LogP contribution in [0.15, 0.2) is 48.5 Å². The van der Waals surface area contributed by atoms with Crippen LogP contribution in [0, 0.1) is 20.5 Å². The Morgan fingerprint density at radius 2 is 1.05 bits per heavy atom. The minimum Gasteiger partial charge on any atom is -0.344 e. The Labute approximate surface area is 116 Å². The second kappa shape index (κ2) is 5.79. The molecule has 2 aromatic carbocycles. The van der Waals surface area contributed by atoms with Gasteiger partial charge in [-0.1, -0.05) is 36.4 Å². The van der Waals surface area contributed by atoms with Crippen molar-refractivity contribution in [2.24, 2.45) is 0 Å². The zero-order valence-corrected chi connectivity index (χ0v) is 12.0. The van der Waals surface area contributed by atoms with Gasteiger partial charge in [0.15, 0.2) is 0 Å². The highest BCUT2D eigenvalue weighted by Crippen LogP contribution is 2.23. The number of nitrogens with zero attached hydrogens (tertiary/aromatic N) is 2. The number of hydrogen-bond acceptors (Lipinski definition) is 2. The summed E-state index contributed by atoms with van der Waals surface area (Å²) in [6, 6.07) is 16.6. The molecule has 19 heavy (non-hydrogen) atoms. The first-order chi connectivity index (χ1) is 9.09. The molecule has 0 aliphatic carbocycles. The molecule has 0 aliphatic heterocycles. The van der Waals surface area contributed by atoms with Crippen molar-refractivity contribution in [1.82, 2.24) is 0 Å². The van der Waals surface area contributed by atoms with Crippen LogP contribution in [0.5, 0.6) is 0 Å². The summed E-state index contributed by atoms with van der Waals surface area (Å²) in [7, 11) is 4.05. The molecule has 0 atom stereocenters. The molecule has 0 aromatic heterocycles. The van der Waals surface area contributed by atoms with Gasteiger partial charge in [0.2, 0.25) is 6.67 Å². The van der Waals surface area contributed by atoms with Gasteiger partial charge in [-0.3, -0.25) is 0 Å². The Morgan fingerprint density at radius 3 is 1.42 bits per heavy atom. The first-order valence-electron chi connectivity index (χ1n) is 6.44. The molecule has 0 saturated carbocycles. The van der Waals surface area contributed by atoms with Gasteiger partial charge in [0.1, 0.15) is 0 Å². The van der Waals surface area contributed by atoms with Crippen molar-refractivity contribution in [2.75, 3.05) is 23.9 Å². The third-order valence-electron chi connectivity index (χ3n) is 3.25. The van der Waals surface area contributed by atoms with E-state index in [2.05, 4.69) is 56.9 Å². The SMILES string of the molecule is Cc1ccccc1N(C)[C]N(C)c1ccccc1C. The molecular weight excluding hydrogens is 232 g/mol. The van der Waals surface area contributed by atoms with E-state index in [1.807, 2.05) is 36.0 Å². The Bertz CT molecular complexity index is 499. The predicted molar refractivity (Wildman–Crippen MR) is 82.4 cm³/mol. The fraction of sp³-hybridized carbons (Fsp3) is 0.235. The Morgan fingerprint density at radius 1 is 0.684 bits per heavy atom. The van der Waals surface area contributed by atoms with E-state index in [1.165, 1.54) is 22.5 Å². The van der Waals surface area contributed by atoms with Gasteiger partial charge < -0.3 is 9.80 Å². The number of para-hydroxylation sites is 2. The summed E-state index contributed by atoms with van der Waals surface area (Å²) >= 11 is 0. The van der Waals surface area contributed by atoms with Gasteiger partial charge in [-0.25, -0.2) is 0 Å². The molecule has 0 saturated heterocycles. The van der Waals surface area contributed by atoms with Crippen molar-refractivity contribution in [3.8, 4) is 0 Å². The largest absolute Gasteiger partial charge is 0.344 e. The average Bonchev–Trinajstić information content (AvgIpc) is 2.39. The number of anilines is 2. The Balaban J connectivity index is 2.13. The fourth-order valence-corrected chi connectivity index (χ4v) is 2.21. The molecule has 0 amide bonds. The van der Waals surface area contributed by atoms with Crippen molar-refractivity contribution in [3.63, 3.8) is 0 Å². The maximum absolute atomic E-state index is 3.36. The van der Waals surface area contributed by atoms with E-state index in [0.717, 1.165) is 0 Å². The van der Waals surface area contributed by atoms with Crippen LogP contribution in [0.3, 0.4) is 0 Å². The maximum atomic E-state index is 3.36. The Kier molecular flexibility index (Phi) is 4.10. The summed E-state index contributed by atoms with van der Waals surface area (Å²) in [5, 5.41) is 0. The molecule has 2 heteroatoms. The minimum atomic E-state index is 1.17. The Hall–Kier alpha value is -1.96. The van der Waals surface area contributed by atoms with Crippen LogP contribution in [0.25, 0.3) is 0 Å². The maximum Gasteiger partial charge on any atom is 0.208 e. The van der Waals surface area contributed by atoms with Crippen LogP contribution < -0.4 is 9.80 Å². The summed E-state index contributed by atoms with van der Waals surface area (Å²) in [6.45, 7) is 7.59. The third kappa shape index (κ3) is 3.08. The number of hydrogen-bond donors (Lipinski definition) is 0. The highest BCUT2D eigenvalue weighted by molar-refractivity contribution is 5.59. The van der Waals surface area contributed by atoms with Crippen molar-refractivity contribution in [1.29, 1.82) is 0 Å². The van der Waals surface area contributed by atoms with E-state index in [4.69, 9.17) is 0 Å².